The first-order valence-corrected chi connectivity index (χ1v) is 9.16. The van der Waals surface area contributed by atoms with Gasteiger partial charge in [-0.3, -0.25) is 0 Å². The van der Waals surface area contributed by atoms with Crippen LogP contribution in [0.4, 0.5) is 5.13 Å². The van der Waals surface area contributed by atoms with Crippen LogP contribution in [0.3, 0.4) is 0 Å². The van der Waals surface area contributed by atoms with Crippen molar-refractivity contribution in [1.82, 2.24) is 10.2 Å². The van der Waals surface area contributed by atoms with Crippen molar-refractivity contribution in [2.45, 2.75) is 36.6 Å². The molecule has 2 rings (SSSR count). The van der Waals surface area contributed by atoms with E-state index < -0.39 is 5.60 Å². The molecule has 20 heavy (non-hydrogen) atoms. The smallest absolute Gasteiger partial charge is 0.206 e. The highest BCUT2D eigenvalue weighted by atomic mass is 32.2. The van der Waals surface area contributed by atoms with E-state index in [9.17, 15) is 5.11 Å². The molecule has 0 fully saturated rings. The number of aliphatic hydroxyl groups is 1. The maximum absolute atomic E-state index is 9.65. The molecule has 0 bridgehead atoms. The van der Waals surface area contributed by atoms with Crippen LogP contribution in [0.15, 0.2) is 21.9 Å². The van der Waals surface area contributed by atoms with Crippen LogP contribution in [0, 0.1) is 0 Å². The Balaban J connectivity index is 1.69. The summed E-state index contributed by atoms with van der Waals surface area (Å²) in [6, 6.07) is 4.21. The first-order chi connectivity index (χ1) is 9.53. The molecule has 0 aliphatic heterocycles. The van der Waals surface area contributed by atoms with Crippen molar-refractivity contribution in [3.63, 3.8) is 0 Å². The Labute approximate surface area is 131 Å². The molecule has 0 saturated carbocycles. The molecular formula is C13H19N3OS3. The van der Waals surface area contributed by atoms with Gasteiger partial charge >= 0.3 is 0 Å². The van der Waals surface area contributed by atoms with Gasteiger partial charge in [-0.25, -0.2) is 0 Å². The largest absolute Gasteiger partial charge is 0.390 e. The number of hydrogen-bond acceptors (Lipinski definition) is 7. The van der Waals surface area contributed by atoms with Crippen LogP contribution in [0.2, 0.25) is 0 Å². The van der Waals surface area contributed by atoms with E-state index in [0.29, 0.717) is 0 Å². The lowest BCUT2D eigenvalue weighted by atomic mass is 10.1. The standard InChI is InChI=1S/C13H19N3OS3/c1-13(2,17)6-9-19-12-16-15-11(20-12)14-7-5-10-4-3-8-18-10/h3-4,8,17H,5-7,9H2,1-2H3,(H,14,15). The van der Waals surface area contributed by atoms with Crippen molar-refractivity contribution in [3.8, 4) is 0 Å². The molecule has 0 amide bonds. The molecule has 2 heterocycles. The van der Waals surface area contributed by atoms with Crippen LogP contribution in [-0.4, -0.2) is 33.2 Å². The zero-order valence-electron chi connectivity index (χ0n) is 11.6. The fraction of sp³-hybridized carbons (Fsp3) is 0.538. The number of nitrogens with zero attached hydrogens (tertiary/aromatic N) is 2. The monoisotopic (exact) mass is 329 g/mol. The second-order valence-electron chi connectivity index (χ2n) is 5.04. The van der Waals surface area contributed by atoms with Gasteiger partial charge < -0.3 is 10.4 Å². The van der Waals surface area contributed by atoms with Crippen molar-refractivity contribution in [1.29, 1.82) is 0 Å². The van der Waals surface area contributed by atoms with Crippen LogP contribution in [-0.2, 0) is 6.42 Å². The second-order valence-corrected chi connectivity index (χ2v) is 8.39. The Kier molecular flexibility index (Phi) is 5.83. The molecule has 7 heteroatoms. The summed E-state index contributed by atoms with van der Waals surface area (Å²) in [6.07, 6.45) is 1.76. The minimum atomic E-state index is -0.612. The van der Waals surface area contributed by atoms with E-state index in [0.717, 1.165) is 34.6 Å². The Hall–Kier alpha value is -0.630. The molecule has 0 saturated heterocycles. The summed E-state index contributed by atoms with van der Waals surface area (Å²) < 4.78 is 0.952. The zero-order valence-corrected chi connectivity index (χ0v) is 14.1. The van der Waals surface area contributed by atoms with Gasteiger partial charge in [0.25, 0.3) is 0 Å². The van der Waals surface area contributed by atoms with Gasteiger partial charge in [0.1, 0.15) is 0 Å². The van der Waals surface area contributed by atoms with Gasteiger partial charge in [-0.1, -0.05) is 29.2 Å². The lowest BCUT2D eigenvalue weighted by Crippen LogP contribution is -2.18. The van der Waals surface area contributed by atoms with Crippen LogP contribution in [0.1, 0.15) is 25.1 Å². The van der Waals surface area contributed by atoms with Gasteiger partial charge in [0, 0.05) is 17.2 Å². The molecule has 0 unspecified atom stereocenters. The summed E-state index contributed by atoms with van der Waals surface area (Å²) in [7, 11) is 0. The molecule has 2 aromatic heterocycles. The van der Waals surface area contributed by atoms with Crippen molar-refractivity contribution >= 4 is 39.6 Å². The maximum Gasteiger partial charge on any atom is 0.206 e. The summed E-state index contributed by atoms with van der Waals surface area (Å²) in [4.78, 5) is 1.38. The Morgan fingerprint density at radius 1 is 1.40 bits per heavy atom. The van der Waals surface area contributed by atoms with Crippen LogP contribution >= 0.6 is 34.4 Å². The molecule has 0 atom stereocenters. The van der Waals surface area contributed by atoms with Crippen molar-refractivity contribution < 1.29 is 5.11 Å². The fourth-order valence-electron chi connectivity index (χ4n) is 1.48. The van der Waals surface area contributed by atoms with E-state index in [1.54, 1.807) is 34.4 Å². The third-order valence-electron chi connectivity index (χ3n) is 2.57. The normalized spacial score (nSPS) is 11.8. The van der Waals surface area contributed by atoms with Crippen molar-refractivity contribution in [3.05, 3.63) is 22.4 Å². The molecule has 4 nitrogen and oxygen atoms in total. The van der Waals surface area contributed by atoms with Gasteiger partial charge in [-0.15, -0.1) is 21.5 Å². The molecule has 2 aromatic rings. The highest BCUT2D eigenvalue weighted by Gasteiger charge is 2.13. The van der Waals surface area contributed by atoms with Crippen LogP contribution in [0.25, 0.3) is 0 Å². The average Bonchev–Trinajstić information content (AvgIpc) is 2.99. The summed E-state index contributed by atoms with van der Waals surface area (Å²) in [5.74, 6) is 0.854. The highest BCUT2D eigenvalue weighted by Crippen LogP contribution is 2.27. The molecule has 0 aliphatic rings. The fourth-order valence-corrected chi connectivity index (χ4v) is 4.28. The third kappa shape index (κ3) is 5.78. The van der Waals surface area contributed by atoms with E-state index >= 15 is 0 Å². The second kappa shape index (κ2) is 7.40. The maximum atomic E-state index is 9.65. The van der Waals surface area contributed by atoms with Gasteiger partial charge in [0.2, 0.25) is 5.13 Å². The van der Waals surface area contributed by atoms with E-state index in [-0.39, 0.29) is 0 Å². The summed E-state index contributed by atoms with van der Waals surface area (Å²) >= 11 is 4.99. The molecule has 2 N–H and O–H groups in total. The molecule has 0 spiro atoms. The van der Waals surface area contributed by atoms with Gasteiger partial charge in [-0.05, 0) is 38.1 Å². The van der Waals surface area contributed by atoms with Crippen LogP contribution < -0.4 is 5.32 Å². The number of anilines is 1. The highest BCUT2D eigenvalue weighted by molar-refractivity contribution is 8.01. The first kappa shape index (κ1) is 15.8. The van der Waals surface area contributed by atoms with Crippen molar-refractivity contribution in [2.75, 3.05) is 17.6 Å². The van der Waals surface area contributed by atoms with E-state index in [2.05, 4.69) is 33.0 Å². The van der Waals surface area contributed by atoms with Gasteiger partial charge in [0.15, 0.2) is 4.34 Å². The summed E-state index contributed by atoms with van der Waals surface area (Å²) in [6.45, 7) is 4.53. The Bertz CT molecular complexity index is 505. The quantitative estimate of drug-likeness (QED) is 0.726. The van der Waals surface area contributed by atoms with Crippen LogP contribution in [0.5, 0.6) is 0 Å². The van der Waals surface area contributed by atoms with Gasteiger partial charge in [-0.2, -0.15) is 0 Å². The third-order valence-corrected chi connectivity index (χ3v) is 5.53. The number of rotatable bonds is 8. The van der Waals surface area contributed by atoms with Gasteiger partial charge in [0.05, 0.1) is 5.60 Å². The minimum absolute atomic E-state index is 0.612. The first-order valence-electron chi connectivity index (χ1n) is 6.48. The number of thioether (sulfide) groups is 1. The van der Waals surface area contributed by atoms with E-state index in [4.69, 9.17) is 0 Å². The summed E-state index contributed by atoms with van der Waals surface area (Å²) in [5.41, 5.74) is -0.612. The summed E-state index contributed by atoms with van der Waals surface area (Å²) in [5, 5.41) is 24.2. The number of hydrogen-bond donors (Lipinski definition) is 2. The number of nitrogens with one attached hydrogen (secondary N) is 1. The Morgan fingerprint density at radius 3 is 2.95 bits per heavy atom. The van der Waals surface area contributed by atoms with E-state index in [1.807, 2.05) is 13.8 Å². The SMILES string of the molecule is CC(C)(O)CCSc1nnc(NCCc2cccs2)s1. The average molecular weight is 330 g/mol. The molecular weight excluding hydrogens is 310 g/mol. The van der Waals surface area contributed by atoms with Crippen molar-refractivity contribution in [2.24, 2.45) is 0 Å². The lowest BCUT2D eigenvalue weighted by molar-refractivity contribution is 0.0777. The number of thiophene rings is 1. The predicted octanol–water partition coefficient (Wildman–Crippen LogP) is 3.51. The Morgan fingerprint density at radius 2 is 2.25 bits per heavy atom. The molecule has 0 aromatic carbocycles. The molecule has 0 radical (unpaired) electrons. The molecule has 0 aliphatic carbocycles. The minimum Gasteiger partial charge on any atom is -0.390 e. The topological polar surface area (TPSA) is 58.0 Å². The lowest BCUT2D eigenvalue weighted by Gasteiger charge is -2.15. The predicted molar refractivity (Wildman–Crippen MR) is 88.1 cm³/mol. The molecule has 110 valence electrons. The zero-order chi connectivity index (χ0) is 14.4. The van der Waals surface area contributed by atoms with E-state index in [1.165, 1.54) is 4.88 Å². The number of aromatic nitrogens is 2.